The van der Waals surface area contributed by atoms with Gasteiger partial charge >= 0.3 is 0 Å². The zero-order valence-electron chi connectivity index (χ0n) is 11.6. The van der Waals surface area contributed by atoms with Gasteiger partial charge in [0.15, 0.2) is 0 Å². The number of thiophene rings is 1. The SMILES string of the molecule is CN1CCC(N(C(=O)c2ccsc2)C2C=CNN2)CC1. The molecule has 1 unspecified atom stereocenters. The summed E-state index contributed by atoms with van der Waals surface area (Å²) in [6, 6.07) is 2.20. The molecular weight excluding hydrogens is 272 g/mol. The summed E-state index contributed by atoms with van der Waals surface area (Å²) >= 11 is 1.57. The summed E-state index contributed by atoms with van der Waals surface area (Å²) < 4.78 is 0. The van der Waals surface area contributed by atoms with E-state index >= 15 is 0 Å². The molecule has 108 valence electrons. The number of hydrazine groups is 1. The third-order valence-electron chi connectivity index (χ3n) is 3.98. The highest BCUT2D eigenvalue weighted by Crippen LogP contribution is 2.22. The summed E-state index contributed by atoms with van der Waals surface area (Å²) in [7, 11) is 2.14. The predicted molar refractivity (Wildman–Crippen MR) is 80.2 cm³/mol. The molecule has 1 fully saturated rings. The van der Waals surface area contributed by atoms with Crippen molar-refractivity contribution in [1.29, 1.82) is 0 Å². The van der Waals surface area contributed by atoms with Crippen molar-refractivity contribution in [3.05, 3.63) is 34.7 Å². The lowest BCUT2D eigenvalue weighted by Gasteiger charge is -2.39. The smallest absolute Gasteiger partial charge is 0.256 e. The van der Waals surface area contributed by atoms with Crippen molar-refractivity contribution >= 4 is 17.2 Å². The first-order chi connectivity index (χ1) is 9.75. The number of carbonyl (C=O) groups is 1. The lowest BCUT2D eigenvalue weighted by molar-refractivity contribution is 0.0477. The summed E-state index contributed by atoms with van der Waals surface area (Å²) in [5, 5.41) is 3.88. The lowest BCUT2D eigenvalue weighted by atomic mass is 10.0. The van der Waals surface area contributed by atoms with Crippen LogP contribution in [0.5, 0.6) is 0 Å². The Morgan fingerprint density at radius 1 is 1.45 bits per heavy atom. The van der Waals surface area contributed by atoms with E-state index < -0.39 is 0 Å². The minimum absolute atomic E-state index is 0.0594. The van der Waals surface area contributed by atoms with E-state index in [4.69, 9.17) is 0 Å². The molecule has 0 spiro atoms. The van der Waals surface area contributed by atoms with Crippen LogP contribution in [-0.4, -0.2) is 48.1 Å². The fraction of sp³-hybridized carbons (Fsp3) is 0.500. The van der Waals surface area contributed by atoms with Crippen LogP contribution in [0, 0.1) is 0 Å². The molecule has 0 saturated carbocycles. The van der Waals surface area contributed by atoms with E-state index in [0.29, 0.717) is 6.04 Å². The van der Waals surface area contributed by atoms with Crippen LogP contribution in [0.4, 0.5) is 0 Å². The minimum atomic E-state index is -0.0594. The number of carbonyl (C=O) groups excluding carboxylic acids is 1. The van der Waals surface area contributed by atoms with Gasteiger partial charge in [0, 0.05) is 17.6 Å². The molecule has 1 aromatic rings. The Morgan fingerprint density at radius 2 is 2.25 bits per heavy atom. The number of nitrogens with one attached hydrogen (secondary N) is 2. The topological polar surface area (TPSA) is 47.6 Å². The molecule has 20 heavy (non-hydrogen) atoms. The Kier molecular flexibility index (Phi) is 4.05. The second-order valence-corrected chi connectivity index (χ2v) is 6.13. The van der Waals surface area contributed by atoms with Crippen molar-refractivity contribution in [2.75, 3.05) is 20.1 Å². The standard InChI is InChI=1S/C14H20N4OS/c1-17-7-3-12(4-8-17)18(13-2-6-15-16-13)14(19)11-5-9-20-10-11/h2,5-6,9-10,12-13,15-16H,3-4,7-8H2,1H3. The van der Waals surface area contributed by atoms with Gasteiger partial charge in [-0.3, -0.25) is 4.79 Å². The molecule has 1 amide bonds. The van der Waals surface area contributed by atoms with Crippen LogP contribution in [0.2, 0.25) is 0 Å². The molecule has 3 rings (SSSR count). The highest BCUT2D eigenvalue weighted by molar-refractivity contribution is 7.08. The number of likely N-dealkylation sites (tertiary alicyclic amines) is 1. The van der Waals surface area contributed by atoms with Crippen molar-refractivity contribution in [3.8, 4) is 0 Å². The maximum absolute atomic E-state index is 12.8. The van der Waals surface area contributed by atoms with Crippen molar-refractivity contribution in [2.24, 2.45) is 0 Å². The van der Waals surface area contributed by atoms with Crippen molar-refractivity contribution in [3.63, 3.8) is 0 Å². The second-order valence-electron chi connectivity index (χ2n) is 5.35. The molecule has 3 heterocycles. The Hall–Kier alpha value is -1.37. The van der Waals surface area contributed by atoms with Crippen molar-refractivity contribution in [2.45, 2.75) is 25.0 Å². The van der Waals surface area contributed by atoms with Gasteiger partial charge in [-0.25, -0.2) is 5.43 Å². The molecule has 2 N–H and O–H groups in total. The van der Waals surface area contributed by atoms with Crippen LogP contribution >= 0.6 is 11.3 Å². The second kappa shape index (κ2) is 5.95. The van der Waals surface area contributed by atoms with Crippen LogP contribution in [-0.2, 0) is 0 Å². The van der Waals surface area contributed by atoms with Gasteiger partial charge in [-0.05, 0) is 50.5 Å². The summed E-state index contributed by atoms with van der Waals surface area (Å²) in [6.45, 7) is 2.09. The molecule has 2 aliphatic heterocycles. The number of nitrogens with zero attached hydrogens (tertiary/aromatic N) is 2. The molecule has 1 aromatic heterocycles. The van der Waals surface area contributed by atoms with Gasteiger partial charge < -0.3 is 15.2 Å². The van der Waals surface area contributed by atoms with Crippen molar-refractivity contribution in [1.82, 2.24) is 20.7 Å². The summed E-state index contributed by atoms with van der Waals surface area (Å²) in [6.07, 6.45) is 5.85. The van der Waals surface area contributed by atoms with Gasteiger partial charge in [-0.1, -0.05) is 0 Å². The monoisotopic (exact) mass is 292 g/mol. The number of piperidine rings is 1. The maximum Gasteiger partial charge on any atom is 0.256 e. The Bertz CT molecular complexity index is 479. The van der Waals surface area contributed by atoms with Gasteiger partial charge in [-0.15, -0.1) is 0 Å². The van der Waals surface area contributed by atoms with Crippen molar-refractivity contribution < 1.29 is 4.79 Å². The highest BCUT2D eigenvalue weighted by Gasteiger charge is 2.33. The Morgan fingerprint density at radius 3 is 2.85 bits per heavy atom. The molecule has 0 aromatic carbocycles. The fourth-order valence-electron chi connectivity index (χ4n) is 2.81. The van der Waals surface area contributed by atoms with Gasteiger partial charge in [0.1, 0.15) is 6.17 Å². The molecule has 1 saturated heterocycles. The molecular formula is C14H20N4OS. The highest BCUT2D eigenvalue weighted by atomic mass is 32.1. The Labute approximate surface area is 123 Å². The third kappa shape index (κ3) is 2.72. The molecule has 2 aliphatic rings. The van der Waals surface area contributed by atoms with E-state index in [1.807, 2.05) is 34.0 Å². The molecule has 0 bridgehead atoms. The van der Waals surface area contributed by atoms with Crippen LogP contribution in [0.25, 0.3) is 0 Å². The minimum Gasteiger partial charge on any atom is -0.327 e. The Balaban J connectivity index is 1.80. The van der Waals surface area contributed by atoms with Crippen LogP contribution in [0.15, 0.2) is 29.1 Å². The average Bonchev–Trinajstić information content (AvgIpc) is 3.13. The van der Waals surface area contributed by atoms with E-state index in [1.165, 1.54) is 0 Å². The lowest BCUT2D eigenvalue weighted by Crippen LogP contribution is -2.55. The molecule has 0 radical (unpaired) electrons. The molecule has 6 heteroatoms. The van der Waals surface area contributed by atoms with E-state index in [-0.39, 0.29) is 12.1 Å². The van der Waals surface area contributed by atoms with Gasteiger partial charge in [0.25, 0.3) is 5.91 Å². The molecule has 1 atom stereocenters. The van der Waals surface area contributed by atoms with Crippen LogP contribution < -0.4 is 10.9 Å². The van der Waals surface area contributed by atoms with Gasteiger partial charge in [0.2, 0.25) is 0 Å². The third-order valence-corrected chi connectivity index (χ3v) is 4.66. The normalized spacial score (nSPS) is 23.8. The van der Waals surface area contributed by atoms with E-state index in [2.05, 4.69) is 22.8 Å². The zero-order valence-corrected chi connectivity index (χ0v) is 12.4. The number of hydrogen-bond acceptors (Lipinski definition) is 5. The van der Waals surface area contributed by atoms with Crippen LogP contribution in [0.1, 0.15) is 23.2 Å². The number of hydrogen-bond donors (Lipinski definition) is 2. The first-order valence-electron chi connectivity index (χ1n) is 6.97. The van der Waals surface area contributed by atoms with E-state index in [9.17, 15) is 4.79 Å². The predicted octanol–water partition coefficient (Wildman–Crippen LogP) is 1.23. The quantitative estimate of drug-likeness (QED) is 0.880. The van der Waals surface area contributed by atoms with E-state index in [0.717, 1.165) is 31.5 Å². The van der Waals surface area contributed by atoms with Gasteiger partial charge in [-0.2, -0.15) is 11.3 Å². The largest absolute Gasteiger partial charge is 0.327 e. The zero-order chi connectivity index (χ0) is 13.9. The summed E-state index contributed by atoms with van der Waals surface area (Å²) in [5.41, 5.74) is 6.90. The molecule has 0 aliphatic carbocycles. The number of rotatable bonds is 3. The van der Waals surface area contributed by atoms with Gasteiger partial charge in [0.05, 0.1) is 5.56 Å². The maximum atomic E-state index is 12.8. The first-order valence-corrected chi connectivity index (χ1v) is 7.91. The summed E-state index contributed by atoms with van der Waals surface area (Å²) in [5.74, 6) is 0.117. The fourth-order valence-corrected chi connectivity index (χ4v) is 3.44. The average molecular weight is 292 g/mol. The first kappa shape index (κ1) is 13.6. The van der Waals surface area contributed by atoms with E-state index in [1.54, 1.807) is 11.3 Å². The molecule has 5 nitrogen and oxygen atoms in total. The van der Waals surface area contributed by atoms with Crippen LogP contribution in [0.3, 0.4) is 0 Å². The number of amides is 1. The summed E-state index contributed by atoms with van der Waals surface area (Å²) in [4.78, 5) is 17.1.